The number of nitrogens with one attached hydrogen (secondary N) is 1. The molecule has 0 saturated heterocycles. The van der Waals surface area contributed by atoms with Gasteiger partial charge in [0, 0.05) is 23.7 Å². The molecule has 0 aliphatic carbocycles. The highest BCUT2D eigenvalue weighted by molar-refractivity contribution is 8.16. The smallest absolute Gasteiger partial charge is 0.277 e. The first kappa shape index (κ1) is 16.0. The molecule has 3 aromatic rings. The molecule has 0 radical (unpaired) electrons. The van der Waals surface area contributed by atoms with Crippen molar-refractivity contribution in [2.75, 3.05) is 18.4 Å². The Hall–Kier alpha value is -3.26. The van der Waals surface area contributed by atoms with Gasteiger partial charge in [-0.25, -0.2) is 0 Å². The Labute approximate surface area is 158 Å². The van der Waals surface area contributed by atoms with Crippen LogP contribution < -0.4 is 5.32 Å². The second-order valence-corrected chi connectivity index (χ2v) is 6.86. The number of fused-ring (bicyclic) bond motifs is 1. The number of nitrogens with zero attached hydrogens (tertiary/aromatic N) is 3. The molecule has 5 rings (SSSR count). The van der Waals surface area contributed by atoms with E-state index in [4.69, 9.17) is 8.94 Å². The van der Waals surface area contributed by atoms with Gasteiger partial charge in [0.2, 0.25) is 5.76 Å². The minimum Gasteiger partial charge on any atom is -0.461 e. The van der Waals surface area contributed by atoms with Crippen molar-refractivity contribution in [2.45, 2.75) is 0 Å². The molecule has 2 aromatic heterocycles. The number of amidine groups is 1. The van der Waals surface area contributed by atoms with Crippen LogP contribution in [0.1, 0.15) is 16.1 Å². The van der Waals surface area contributed by atoms with Gasteiger partial charge < -0.3 is 19.2 Å². The summed E-state index contributed by atoms with van der Waals surface area (Å²) >= 11 is 1.65. The molecule has 1 aromatic carbocycles. The Morgan fingerprint density at radius 1 is 1.19 bits per heavy atom. The van der Waals surface area contributed by atoms with Crippen molar-refractivity contribution in [2.24, 2.45) is 4.99 Å². The number of anilines is 1. The highest BCUT2D eigenvalue weighted by Gasteiger charge is 2.27. The van der Waals surface area contributed by atoms with Crippen molar-refractivity contribution in [3.8, 4) is 11.5 Å². The largest absolute Gasteiger partial charge is 0.461 e. The van der Waals surface area contributed by atoms with Crippen LogP contribution in [0.15, 0.2) is 68.1 Å². The molecule has 0 bridgehead atoms. The van der Waals surface area contributed by atoms with Crippen molar-refractivity contribution in [3.05, 3.63) is 65.4 Å². The number of carbonyl (C=O) groups excluding carboxylic acids is 1. The number of rotatable bonds is 4. The van der Waals surface area contributed by atoms with Crippen LogP contribution in [0.3, 0.4) is 0 Å². The number of hydrogen-bond donors (Lipinski definition) is 1. The Morgan fingerprint density at radius 2 is 2.07 bits per heavy atom. The fourth-order valence-electron chi connectivity index (χ4n) is 2.98. The van der Waals surface area contributed by atoms with Crippen LogP contribution in [-0.4, -0.2) is 34.2 Å². The SMILES string of the molecule is O=C(Nc1ccc(C2=CSC3=NCCN23)cc1)c1cc(-c2ccco2)on1. The molecule has 4 heterocycles. The summed E-state index contributed by atoms with van der Waals surface area (Å²) < 4.78 is 10.4. The maximum atomic E-state index is 12.4. The van der Waals surface area contributed by atoms with Crippen LogP contribution in [0, 0.1) is 0 Å². The molecule has 1 amide bonds. The summed E-state index contributed by atoms with van der Waals surface area (Å²) in [6.07, 6.45) is 1.54. The normalized spacial score (nSPS) is 15.5. The first-order chi connectivity index (χ1) is 13.3. The molecule has 2 aliphatic heterocycles. The lowest BCUT2D eigenvalue weighted by atomic mass is 10.1. The number of aromatic nitrogens is 1. The third-order valence-electron chi connectivity index (χ3n) is 4.31. The Bertz CT molecular complexity index is 1050. The van der Waals surface area contributed by atoms with E-state index in [1.54, 1.807) is 30.0 Å². The lowest BCUT2D eigenvalue weighted by Crippen LogP contribution is -2.19. The van der Waals surface area contributed by atoms with Gasteiger partial charge in [0.15, 0.2) is 16.6 Å². The fraction of sp³-hybridized carbons (Fsp3) is 0.105. The lowest BCUT2D eigenvalue weighted by molar-refractivity contribution is 0.101. The summed E-state index contributed by atoms with van der Waals surface area (Å²) in [6.45, 7) is 1.75. The molecular weight excluding hydrogens is 364 g/mol. The van der Waals surface area contributed by atoms with Gasteiger partial charge in [-0.1, -0.05) is 29.1 Å². The number of thioether (sulfide) groups is 1. The average Bonchev–Trinajstić information content (AvgIpc) is 3.46. The van der Waals surface area contributed by atoms with Crippen molar-refractivity contribution >= 4 is 34.2 Å². The van der Waals surface area contributed by atoms with Gasteiger partial charge in [0.05, 0.1) is 18.5 Å². The van der Waals surface area contributed by atoms with Gasteiger partial charge in [-0.05, 0) is 29.8 Å². The Kier molecular flexibility index (Phi) is 3.83. The maximum absolute atomic E-state index is 12.4. The van der Waals surface area contributed by atoms with Crippen molar-refractivity contribution in [1.29, 1.82) is 0 Å². The predicted octanol–water partition coefficient (Wildman–Crippen LogP) is 3.90. The predicted molar refractivity (Wildman–Crippen MR) is 103 cm³/mol. The van der Waals surface area contributed by atoms with Crippen LogP contribution in [-0.2, 0) is 0 Å². The quantitative estimate of drug-likeness (QED) is 0.741. The Balaban J connectivity index is 1.29. The molecule has 7 nitrogen and oxygen atoms in total. The molecule has 2 aliphatic rings. The van der Waals surface area contributed by atoms with Crippen LogP contribution in [0.2, 0.25) is 0 Å². The molecular formula is C19H14N4O3S. The zero-order valence-electron chi connectivity index (χ0n) is 14.1. The van der Waals surface area contributed by atoms with E-state index >= 15 is 0 Å². The van der Waals surface area contributed by atoms with E-state index in [-0.39, 0.29) is 11.6 Å². The second-order valence-electron chi connectivity index (χ2n) is 6.02. The van der Waals surface area contributed by atoms with E-state index in [9.17, 15) is 4.79 Å². The van der Waals surface area contributed by atoms with Crippen molar-refractivity contribution in [1.82, 2.24) is 10.1 Å². The van der Waals surface area contributed by atoms with Crippen LogP contribution in [0.5, 0.6) is 0 Å². The summed E-state index contributed by atoms with van der Waals surface area (Å²) in [4.78, 5) is 19.1. The van der Waals surface area contributed by atoms with E-state index in [0.717, 1.165) is 29.5 Å². The lowest BCUT2D eigenvalue weighted by Gasteiger charge is -2.16. The number of hydrogen-bond acceptors (Lipinski definition) is 7. The topological polar surface area (TPSA) is 83.9 Å². The molecule has 0 saturated carbocycles. The maximum Gasteiger partial charge on any atom is 0.277 e. The van der Waals surface area contributed by atoms with Gasteiger partial charge in [-0.3, -0.25) is 9.79 Å². The van der Waals surface area contributed by atoms with E-state index < -0.39 is 0 Å². The molecule has 0 unspecified atom stereocenters. The van der Waals surface area contributed by atoms with Gasteiger partial charge in [0.1, 0.15) is 0 Å². The molecule has 134 valence electrons. The minimum absolute atomic E-state index is 0.193. The van der Waals surface area contributed by atoms with Gasteiger partial charge in [-0.2, -0.15) is 0 Å². The summed E-state index contributed by atoms with van der Waals surface area (Å²) in [5.41, 5.74) is 3.12. The van der Waals surface area contributed by atoms with Gasteiger partial charge in [0.25, 0.3) is 5.91 Å². The summed E-state index contributed by atoms with van der Waals surface area (Å²) in [5.74, 6) is 0.599. The summed E-state index contributed by atoms with van der Waals surface area (Å²) in [6, 6.07) is 12.8. The highest BCUT2D eigenvalue weighted by atomic mass is 32.2. The molecule has 0 fully saturated rings. The highest BCUT2D eigenvalue weighted by Crippen LogP contribution is 2.35. The summed E-state index contributed by atoms with van der Waals surface area (Å²) in [7, 11) is 0. The van der Waals surface area contributed by atoms with Crippen LogP contribution in [0.4, 0.5) is 5.69 Å². The van der Waals surface area contributed by atoms with E-state index in [0.29, 0.717) is 17.2 Å². The van der Waals surface area contributed by atoms with E-state index in [1.807, 2.05) is 24.3 Å². The number of furan rings is 1. The van der Waals surface area contributed by atoms with Crippen LogP contribution >= 0.6 is 11.8 Å². The average molecular weight is 378 g/mol. The zero-order chi connectivity index (χ0) is 18.2. The van der Waals surface area contributed by atoms with Crippen molar-refractivity contribution < 1.29 is 13.7 Å². The molecule has 0 atom stereocenters. The molecule has 0 spiro atoms. The first-order valence-electron chi connectivity index (χ1n) is 8.39. The fourth-order valence-corrected chi connectivity index (χ4v) is 3.95. The molecule has 27 heavy (non-hydrogen) atoms. The monoisotopic (exact) mass is 378 g/mol. The Morgan fingerprint density at radius 3 is 2.89 bits per heavy atom. The third-order valence-corrected chi connectivity index (χ3v) is 5.22. The number of aliphatic imine (C=N–C) groups is 1. The van der Waals surface area contributed by atoms with Gasteiger partial charge in [-0.15, -0.1) is 0 Å². The van der Waals surface area contributed by atoms with Crippen LogP contribution in [0.25, 0.3) is 17.2 Å². The standard InChI is InChI=1S/C19H14N4O3S/c24-18(14-10-17(26-22-14)16-2-1-9-25-16)21-13-5-3-12(4-6-13)15-11-27-19-20-7-8-23(15)19/h1-6,9-11H,7-8H2,(H,21,24). The number of carbonyl (C=O) groups is 1. The molecule has 8 heteroatoms. The van der Waals surface area contributed by atoms with Gasteiger partial charge >= 0.3 is 0 Å². The van der Waals surface area contributed by atoms with E-state index in [2.05, 4.69) is 25.8 Å². The third kappa shape index (κ3) is 2.93. The van der Waals surface area contributed by atoms with E-state index in [1.165, 1.54) is 6.26 Å². The molecule has 1 N–H and O–H groups in total. The minimum atomic E-state index is -0.339. The summed E-state index contributed by atoms with van der Waals surface area (Å²) in [5, 5.41) is 9.80. The zero-order valence-corrected chi connectivity index (χ0v) is 14.9. The second kappa shape index (κ2) is 6.48. The number of amides is 1. The first-order valence-corrected chi connectivity index (χ1v) is 9.27. The van der Waals surface area contributed by atoms with Crippen molar-refractivity contribution in [3.63, 3.8) is 0 Å². The number of benzene rings is 1.